The molecule has 0 aliphatic heterocycles. The molecule has 0 bridgehead atoms. The Bertz CT molecular complexity index is 588. The topological polar surface area (TPSA) is 59.0 Å². The van der Waals surface area contributed by atoms with Crippen LogP contribution in [0.25, 0.3) is 0 Å². The average molecular weight is 256 g/mol. The fourth-order valence-electron chi connectivity index (χ4n) is 1.46. The first-order valence-corrected chi connectivity index (χ1v) is 6.57. The van der Waals surface area contributed by atoms with E-state index >= 15 is 0 Å². The van der Waals surface area contributed by atoms with Gasteiger partial charge in [0, 0.05) is 11.0 Å². The van der Waals surface area contributed by atoms with Crippen molar-refractivity contribution in [3.8, 4) is 17.6 Å². The summed E-state index contributed by atoms with van der Waals surface area (Å²) in [7, 11) is 0. The number of nitriles is 1. The Kier molecular flexibility index (Phi) is 3.75. The number of nitrogen functional groups attached to an aromatic ring is 1. The molecule has 4 heteroatoms. The van der Waals surface area contributed by atoms with Gasteiger partial charge in [0.15, 0.2) is 5.75 Å². The molecule has 2 aromatic carbocycles. The molecule has 0 saturated carbocycles. The summed E-state index contributed by atoms with van der Waals surface area (Å²) in [6.07, 6.45) is 2.02. The number of ether oxygens (including phenoxy) is 1. The summed E-state index contributed by atoms with van der Waals surface area (Å²) in [5.74, 6) is 1.21. The maximum absolute atomic E-state index is 8.84. The summed E-state index contributed by atoms with van der Waals surface area (Å²) in [5, 5.41) is 8.84. The van der Waals surface area contributed by atoms with Crippen LogP contribution in [0.2, 0.25) is 0 Å². The maximum Gasteiger partial charge on any atom is 0.151 e. The standard InChI is InChI=1S/C14H12N2OS/c1-18-12-5-3-11(4-6-12)17-14-8-10(9-15)2-7-13(14)16/h2-8H,16H2,1H3. The molecular weight excluding hydrogens is 244 g/mol. The van der Waals surface area contributed by atoms with Crippen LogP contribution >= 0.6 is 11.8 Å². The highest BCUT2D eigenvalue weighted by Crippen LogP contribution is 2.29. The lowest BCUT2D eigenvalue weighted by atomic mass is 10.2. The van der Waals surface area contributed by atoms with Gasteiger partial charge in [0.05, 0.1) is 17.3 Å². The first kappa shape index (κ1) is 12.3. The quantitative estimate of drug-likeness (QED) is 0.672. The predicted molar refractivity (Wildman–Crippen MR) is 73.9 cm³/mol. The van der Waals surface area contributed by atoms with Crippen molar-refractivity contribution in [1.82, 2.24) is 0 Å². The number of anilines is 1. The van der Waals surface area contributed by atoms with E-state index in [-0.39, 0.29) is 0 Å². The lowest BCUT2D eigenvalue weighted by molar-refractivity contribution is 0.484. The van der Waals surface area contributed by atoms with Crippen LogP contribution < -0.4 is 10.5 Å². The van der Waals surface area contributed by atoms with Crippen LogP contribution in [-0.4, -0.2) is 6.26 Å². The van der Waals surface area contributed by atoms with Crippen molar-refractivity contribution in [2.24, 2.45) is 0 Å². The van der Waals surface area contributed by atoms with Gasteiger partial charge in [0.25, 0.3) is 0 Å². The highest BCUT2D eigenvalue weighted by molar-refractivity contribution is 7.98. The van der Waals surface area contributed by atoms with Gasteiger partial charge in [-0.1, -0.05) is 0 Å². The smallest absolute Gasteiger partial charge is 0.151 e. The van der Waals surface area contributed by atoms with Gasteiger partial charge in [-0.2, -0.15) is 5.26 Å². The third-order valence-corrected chi connectivity index (χ3v) is 3.17. The van der Waals surface area contributed by atoms with E-state index in [0.29, 0.717) is 22.7 Å². The van der Waals surface area contributed by atoms with Crippen LogP contribution in [0.5, 0.6) is 11.5 Å². The normalized spacial score (nSPS) is 9.78. The molecular formula is C14H12N2OS. The number of nitrogens with two attached hydrogens (primary N) is 1. The largest absolute Gasteiger partial charge is 0.455 e. The molecule has 0 spiro atoms. The van der Waals surface area contributed by atoms with Crippen molar-refractivity contribution >= 4 is 17.4 Å². The Labute approximate surface area is 110 Å². The predicted octanol–water partition coefficient (Wildman–Crippen LogP) is 3.65. The highest BCUT2D eigenvalue weighted by Gasteiger charge is 2.04. The Morgan fingerprint density at radius 3 is 2.50 bits per heavy atom. The summed E-state index contributed by atoms with van der Waals surface area (Å²) in [5.41, 5.74) is 6.85. The number of thioether (sulfide) groups is 1. The minimum atomic E-state index is 0.506. The fourth-order valence-corrected chi connectivity index (χ4v) is 1.87. The third kappa shape index (κ3) is 2.76. The van der Waals surface area contributed by atoms with E-state index in [9.17, 15) is 0 Å². The zero-order valence-corrected chi connectivity index (χ0v) is 10.7. The van der Waals surface area contributed by atoms with E-state index in [0.717, 1.165) is 0 Å². The molecule has 0 aliphatic rings. The first-order chi connectivity index (χ1) is 8.72. The van der Waals surface area contributed by atoms with Crippen molar-refractivity contribution < 1.29 is 4.74 Å². The molecule has 0 saturated heterocycles. The lowest BCUT2D eigenvalue weighted by Crippen LogP contribution is -1.92. The van der Waals surface area contributed by atoms with Gasteiger partial charge in [-0.3, -0.25) is 0 Å². The van der Waals surface area contributed by atoms with E-state index in [1.165, 1.54) is 4.90 Å². The minimum absolute atomic E-state index is 0.506. The zero-order valence-electron chi connectivity index (χ0n) is 9.88. The van der Waals surface area contributed by atoms with Crippen molar-refractivity contribution in [3.63, 3.8) is 0 Å². The third-order valence-electron chi connectivity index (χ3n) is 2.43. The summed E-state index contributed by atoms with van der Waals surface area (Å²) >= 11 is 1.67. The van der Waals surface area contributed by atoms with Gasteiger partial charge >= 0.3 is 0 Å². The molecule has 0 heterocycles. The van der Waals surface area contributed by atoms with Gasteiger partial charge in [0.2, 0.25) is 0 Å². The van der Waals surface area contributed by atoms with Crippen molar-refractivity contribution in [1.29, 1.82) is 5.26 Å². The zero-order chi connectivity index (χ0) is 13.0. The second kappa shape index (κ2) is 5.48. The molecule has 2 aromatic rings. The second-order valence-electron chi connectivity index (χ2n) is 3.64. The van der Waals surface area contributed by atoms with E-state index in [1.807, 2.05) is 30.5 Å². The van der Waals surface area contributed by atoms with Crippen molar-refractivity contribution in [3.05, 3.63) is 48.0 Å². The maximum atomic E-state index is 8.84. The van der Waals surface area contributed by atoms with Crippen molar-refractivity contribution in [2.75, 3.05) is 12.0 Å². The Morgan fingerprint density at radius 1 is 1.17 bits per heavy atom. The Balaban J connectivity index is 2.25. The van der Waals surface area contributed by atoms with Gasteiger partial charge in [-0.15, -0.1) is 11.8 Å². The fraction of sp³-hybridized carbons (Fsp3) is 0.0714. The average Bonchev–Trinajstić information content (AvgIpc) is 2.42. The SMILES string of the molecule is CSc1ccc(Oc2cc(C#N)ccc2N)cc1. The van der Waals surface area contributed by atoms with Crippen LogP contribution in [0.1, 0.15) is 5.56 Å². The highest BCUT2D eigenvalue weighted by atomic mass is 32.2. The van der Waals surface area contributed by atoms with Gasteiger partial charge in [0.1, 0.15) is 5.75 Å². The van der Waals surface area contributed by atoms with Gasteiger partial charge in [-0.05, 0) is 42.7 Å². The van der Waals surface area contributed by atoms with E-state index < -0.39 is 0 Å². The molecule has 90 valence electrons. The number of nitrogens with zero attached hydrogens (tertiary/aromatic N) is 1. The number of benzene rings is 2. The summed E-state index contributed by atoms with van der Waals surface area (Å²) in [4.78, 5) is 1.17. The van der Waals surface area contributed by atoms with E-state index in [2.05, 4.69) is 6.07 Å². The molecule has 0 aliphatic carbocycles. The Morgan fingerprint density at radius 2 is 1.89 bits per heavy atom. The van der Waals surface area contributed by atoms with Gasteiger partial charge < -0.3 is 10.5 Å². The molecule has 2 rings (SSSR count). The van der Waals surface area contributed by atoms with Crippen molar-refractivity contribution in [2.45, 2.75) is 4.90 Å². The minimum Gasteiger partial charge on any atom is -0.455 e. The summed E-state index contributed by atoms with van der Waals surface area (Å²) in [6, 6.07) is 14.7. The van der Waals surface area contributed by atoms with Gasteiger partial charge in [-0.25, -0.2) is 0 Å². The van der Waals surface area contributed by atoms with Crippen LogP contribution in [0, 0.1) is 11.3 Å². The molecule has 0 fully saturated rings. The Hall–Kier alpha value is -2.12. The van der Waals surface area contributed by atoms with Crippen LogP contribution in [0.4, 0.5) is 5.69 Å². The molecule has 0 unspecified atom stereocenters. The molecule has 18 heavy (non-hydrogen) atoms. The monoisotopic (exact) mass is 256 g/mol. The molecule has 0 aromatic heterocycles. The number of rotatable bonds is 3. The number of hydrogen-bond acceptors (Lipinski definition) is 4. The van der Waals surface area contributed by atoms with E-state index in [1.54, 1.807) is 30.0 Å². The lowest BCUT2D eigenvalue weighted by Gasteiger charge is -2.09. The second-order valence-corrected chi connectivity index (χ2v) is 4.52. The molecule has 2 N–H and O–H groups in total. The number of hydrogen-bond donors (Lipinski definition) is 1. The van der Waals surface area contributed by atoms with Crippen LogP contribution in [0.15, 0.2) is 47.4 Å². The van der Waals surface area contributed by atoms with E-state index in [4.69, 9.17) is 15.7 Å². The van der Waals surface area contributed by atoms with Crippen LogP contribution in [0.3, 0.4) is 0 Å². The summed E-state index contributed by atoms with van der Waals surface area (Å²) < 4.78 is 5.67. The molecule has 0 amide bonds. The molecule has 0 radical (unpaired) electrons. The summed E-state index contributed by atoms with van der Waals surface area (Å²) in [6.45, 7) is 0. The molecule has 3 nitrogen and oxygen atoms in total. The van der Waals surface area contributed by atoms with Crippen LogP contribution in [-0.2, 0) is 0 Å². The first-order valence-electron chi connectivity index (χ1n) is 5.34. The molecule has 0 atom stereocenters.